The molecule has 0 saturated heterocycles. The largest absolute Gasteiger partial charge is 0.493 e. The first-order valence-electron chi connectivity index (χ1n) is 10.9. The van der Waals surface area contributed by atoms with Gasteiger partial charge in [0, 0.05) is 0 Å². The SMILES string of the molecule is CCCc1cc(OCC2CC2)c(OC)cc1[C@H](C)C[C@@H](O)[C@@H](C)CC(C)C. The maximum Gasteiger partial charge on any atom is 0.161 e. The minimum atomic E-state index is -0.270. The molecule has 0 bridgehead atoms. The lowest BCUT2D eigenvalue weighted by Gasteiger charge is -2.26. The molecule has 154 valence electrons. The van der Waals surface area contributed by atoms with Crippen LogP contribution in [0.15, 0.2) is 12.1 Å². The van der Waals surface area contributed by atoms with Crippen molar-refractivity contribution in [2.45, 2.75) is 85.2 Å². The molecule has 1 N–H and O–H groups in total. The summed E-state index contributed by atoms with van der Waals surface area (Å²) in [6, 6.07) is 4.33. The van der Waals surface area contributed by atoms with Gasteiger partial charge in [-0.25, -0.2) is 0 Å². The standard InChI is InChI=1S/C24H40O3/c1-7-8-20-13-24(27-15-19-9-10-19)23(26-6)14-21(20)17(4)12-22(25)18(5)11-16(2)3/h13-14,16-19,22,25H,7-12,15H2,1-6H3/t17-,18+,22-/m1/s1. The summed E-state index contributed by atoms with van der Waals surface area (Å²) in [6.07, 6.45) is 6.27. The van der Waals surface area contributed by atoms with E-state index in [9.17, 15) is 5.11 Å². The van der Waals surface area contributed by atoms with E-state index in [1.165, 1.54) is 24.0 Å². The summed E-state index contributed by atoms with van der Waals surface area (Å²) in [7, 11) is 1.72. The third-order valence-corrected chi connectivity index (χ3v) is 5.74. The van der Waals surface area contributed by atoms with E-state index >= 15 is 0 Å². The summed E-state index contributed by atoms with van der Waals surface area (Å²) in [5, 5.41) is 10.7. The summed E-state index contributed by atoms with van der Waals surface area (Å²) >= 11 is 0. The molecule has 3 heteroatoms. The Labute approximate surface area is 166 Å². The average molecular weight is 377 g/mol. The molecule has 1 fully saturated rings. The lowest BCUT2D eigenvalue weighted by Crippen LogP contribution is -2.21. The molecule has 1 aromatic rings. The summed E-state index contributed by atoms with van der Waals surface area (Å²) < 4.78 is 11.7. The van der Waals surface area contributed by atoms with Gasteiger partial charge < -0.3 is 14.6 Å². The number of aryl methyl sites for hydroxylation is 1. The molecule has 0 unspecified atom stereocenters. The van der Waals surface area contributed by atoms with Gasteiger partial charge in [-0.1, -0.05) is 41.0 Å². The fourth-order valence-electron chi connectivity index (χ4n) is 3.95. The highest BCUT2D eigenvalue weighted by Gasteiger charge is 2.25. The highest BCUT2D eigenvalue weighted by Crippen LogP contribution is 2.38. The average Bonchev–Trinajstić information content (AvgIpc) is 3.43. The number of hydrogen-bond acceptors (Lipinski definition) is 3. The number of aliphatic hydroxyl groups is 1. The predicted molar refractivity (Wildman–Crippen MR) is 113 cm³/mol. The second-order valence-electron chi connectivity index (χ2n) is 9.02. The molecule has 2 rings (SSSR count). The van der Waals surface area contributed by atoms with E-state index in [0.717, 1.165) is 49.7 Å². The van der Waals surface area contributed by atoms with Crippen LogP contribution in [0, 0.1) is 17.8 Å². The molecule has 27 heavy (non-hydrogen) atoms. The smallest absolute Gasteiger partial charge is 0.161 e. The van der Waals surface area contributed by atoms with Crippen molar-refractivity contribution in [2.24, 2.45) is 17.8 Å². The van der Waals surface area contributed by atoms with Gasteiger partial charge in [-0.05, 0) is 79.0 Å². The fraction of sp³-hybridized carbons (Fsp3) is 0.750. The molecule has 0 heterocycles. The third kappa shape index (κ3) is 6.71. The van der Waals surface area contributed by atoms with Gasteiger partial charge in [-0.3, -0.25) is 0 Å². The Kier molecular flexibility index (Phi) is 8.47. The first-order valence-corrected chi connectivity index (χ1v) is 10.9. The van der Waals surface area contributed by atoms with Crippen LogP contribution in [0.25, 0.3) is 0 Å². The molecular formula is C24H40O3. The quantitative estimate of drug-likeness (QED) is 0.488. The lowest BCUT2D eigenvalue weighted by molar-refractivity contribution is 0.0903. The van der Waals surface area contributed by atoms with Crippen LogP contribution in [0.1, 0.15) is 83.8 Å². The van der Waals surface area contributed by atoms with Crippen LogP contribution >= 0.6 is 0 Å². The van der Waals surface area contributed by atoms with Crippen LogP contribution in [-0.2, 0) is 6.42 Å². The Morgan fingerprint density at radius 2 is 1.78 bits per heavy atom. The van der Waals surface area contributed by atoms with E-state index in [4.69, 9.17) is 9.47 Å². The van der Waals surface area contributed by atoms with Crippen LogP contribution < -0.4 is 9.47 Å². The van der Waals surface area contributed by atoms with Crippen LogP contribution in [0.4, 0.5) is 0 Å². The Balaban J connectivity index is 2.16. The van der Waals surface area contributed by atoms with Gasteiger partial charge in [0.05, 0.1) is 19.8 Å². The molecule has 1 aliphatic carbocycles. The van der Waals surface area contributed by atoms with Crippen LogP contribution in [0.3, 0.4) is 0 Å². The van der Waals surface area contributed by atoms with E-state index in [2.05, 4.69) is 46.8 Å². The van der Waals surface area contributed by atoms with Crippen molar-refractivity contribution >= 4 is 0 Å². The maximum atomic E-state index is 10.7. The fourth-order valence-corrected chi connectivity index (χ4v) is 3.95. The van der Waals surface area contributed by atoms with Crippen molar-refractivity contribution in [3.8, 4) is 11.5 Å². The van der Waals surface area contributed by atoms with Gasteiger partial charge in [-0.2, -0.15) is 0 Å². The number of aliphatic hydroxyl groups excluding tert-OH is 1. The minimum absolute atomic E-state index is 0.270. The zero-order valence-corrected chi connectivity index (χ0v) is 18.3. The van der Waals surface area contributed by atoms with Crippen molar-refractivity contribution in [3.63, 3.8) is 0 Å². The first-order chi connectivity index (χ1) is 12.8. The molecule has 0 aromatic heterocycles. The molecule has 3 atom stereocenters. The van der Waals surface area contributed by atoms with E-state index in [0.29, 0.717) is 17.8 Å². The van der Waals surface area contributed by atoms with Crippen molar-refractivity contribution in [1.29, 1.82) is 0 Å². The second-order valence-corrected chi connectivity index (χ2v) is 9.02. The molecule has 0 spiro atoms. The van der Waals surface area contributed by atoms with Gasteiger partial charge in [0.25, 0.3) is 0 Å². The predicted octanol–water partition coefficient (Wildman–Crippen LogP) is 5.97. The molecule has 0 aliphatic heterocycles. The molecule has 0 radical (unpaired) electrons. The molecular weight excluding hydrogens is 336 g/mol. The lowest BCUT2D eigenvalue weighted by atomic mass is 9.84. The van der Waals surface area contributed by atoms with Gasteiger partial charge in [-0.15, -0.1) is 0 Å². The van der Waals surface area contributed by atoms with Crippen molar-refractivity contribution < 1.29 is 14.6 Å². The highest BCUT2D eigenvalue weighted by atomic mass is 16.5. The number of hydrogen-bond donors (Lipinski definition) is 1. The summed E-state index contributed by atoms with van der Waals surface area (Å²) in [5.74, 6) is 3.65. The maximum absolute atomic E-state index is 10.7. The monoisotopic (exact) mass is 376 g/mol. The number of methoxy groups -OCH3 is 1. The van der Waals surface area contributed by atoms with Gasteiger partial charge in [0.2, 0.25) is 0 Å². The number of rotatable bonds is 12. The number of ether oxygens (including phenoxy) is 2. The minimum Gasteiger partial charge on any atom is -0.493 e. The van der Waals surface area contributed by atoms with Crippen LogP contribution in [0.5, 0.6) is 11.5 Å². The third-order valence-electron chi connectivity index (χ3n) is 5.74. The summed E-state index contributed by atoms with van der Waals surface area (Å²) in [4.78, 5) is 0. The summed E-state index contributed by atoms with van der Waals surface area (Å²) in [5.41, 5.74) is 2.63. The van der Waals surface area contributed by atoms with Gasteiger partial charge >= 0.3 is 0 Å². The van der Waals surface area contributed by atoms with E-state index in [1.54, 1.807) is 7.11 Å². The molecule has 3 nitrogen and oxygen atoms in total. The van der Waals surface area contributed by atoms with E-state index in [-0.39, 0.29) is 6.10 Å². The van der Waals surface area contributed by atoms with Crippen LogP contribution in [0.2, 0.25) is 0 Å². The Bertz CT molecular complexity index is 577. The molecule has 0 amide bonds. The zero-order chi connectivity index (χ0) is 20.0. The highest BCUT2D eigenvalue weighted by molar-refractivity contribution is 5.48. The molecule has 1 aromatic carbocycles. The Morgan fingerprint density at radius 1 is 1.07 bits per heavy atom. The molecule has 1 aliphatic rings. The summed E-state index contributed by atoms with van der Waals surface area (Å²) in [6.45, 7) is 11.8. The Hall–Kier alpha value is -1.22. The topological polar surface area (TPSA) is 38.7 Å². The first kappa shape index (κ1) is 22.1. The Morgan fingerprint density at radius 3 is 2.33 bits per heavy atom. The normalized spacial score (nSPS) is 17.6. The van der Waals surface area contributed by atoms with Gasteiger partial charge in [0.1, 0.15) is 0 Å². The van der Waals surface area contributed by atoms with Crippen LogP contribution in [-0.4, -0.2) is 24.9 Å². The van der Waals surface area contributed by atoms with Crippen molar-refractivity contribution in [1.82, 2.24) is 0 Å². The van der Waals surface area contributed by atoms with E-state index < -0.39 is 0 Å². The second kappa shape index (κ2) is 10.4. The number of benzene rings is 1. The van der Waals surface area contributed by atoms with E-state index in [1.807, 2.05) is 0 Å². The molecule has 1 saturated carbocycles. The van der Waals surface area contributed by atoms with Crippen molar-refractivity contribution in [2.75, 3.05) is 13.7 Å². The van der Waals surface area contributed by atoms with Crippen molar-refractivity contribution in [3.05, 3.63) is 23.3 Å². The zero-order valence-electron chi connectivity index (χ0n) is 18.3. The van der Waals surface area contributed by atoms with Gasteiger partial charge in [0.15, 0.2) is 11.5 Å².